The molecular formula is C14H21N3O2. The molecule has 0 bridgehead atoms. The van der Waals surface area contributed by atoms with Gasteiger partial charge in [-0.15, -0.1) is 0 Å². The van der Waals surface area contributed by atoms with E-state index in [2.05, 4.69) is 10.2 Å². The Morgan fingerprint density at radius 1 is 1.42 bits per heavy atom. The lowest BCUT2D eigenvalue weighted by Gasteiger charge is -2.26. The van der Waals surface area contributed by atoms with Crippen LogP contribution in [0, 0.1) is 0 Å². The zero-order valence-electron chi connectivity index (χ0n) is 11.3. The number of ketones is 1. The van der Waals surface area contributed by atoms with Crippen LogP contribution in [-0.4, -0.2) is 43.5 Å². The number of nitrogen functional groups attached to an aromatic ring is 1. The maximum atomic E-state index is 10.9. The molecule has 3 N–H and O–H groups in total. The van der Waals surface area contributed by atoms with Gasteiger partial charge >= 0.3 is 0 Å². The molecule has 19 heavy (non-hydrogen) atoms. The fraction of sp³-hybridized carbons (Fsp3) is 0.500. The highest BCUT2D eigenvalue weighted by Crippen LogP contribution is 2.20. The molecule has 1 aliphatic heterocycles. The van der Waals surface area contributed by atoms with Crippen LogP contribution in [0.25, 0.3) is 0 Å². The Morgan fingerprint density at radius 3 is 2.79 bits per heavy atom. The van der Waals surface area contributed by atoms with Crippen LogP contribution in [-0.2, 0) is 16.1 Å². The maximum Gasteiger partial charge on any atom is 0.148 e. The van der Waals surface area contributed by atoms with E-state index >= 15 is 0 Å². The molecule has 0 amide bonds. The third-order valence-corrected chi connectivity index (χ3v) is 3.15. The van der Waals surface area contributed by atoms with Gasteiger partial charge < -0.3 is 15.8 Å². The number of nitrogens with one attached hydrogen (secondary N) is 1. The van der Waals surface area contributed by atoms with E-state index in [1.807, 2.05) is 18.2 Å². The average molecular weight is 263 g/mol. The van der Waals surface area contributed by atoms with Crippen LogP contribution in [0.4, 0.5) is 11.4 Å². The van der Waals surface area contributed by atoms with Gasteiger partial charge in [0.2, 0.25) is 0 Å². The molecule has 1 aromatic carbocycles. The van der Waals surface area contributed by atoms with Crippen LogP contribution >= 0.6 is 0 Å². The number of rotatable bonds is 5. The number of nitrogens with zero attached hydrogens (tertiary/aromatic N) is 1. The Kier molecular flexibility index (Phi) is 4.76. The molecule has 2 rings (SSSR count). The van der Waals surface area contributed by atoms with Gasteiger partial charge in [-0.2, -0.15) is 0 Å². The molecule has 1 aliphatic rings. The first-order chi connectivity index (χ1) is 9.15. The Labute approximate surface area is 113 Å². The zero-order valence-corrected chi connectivity index (χ0v) is 11.3. The number of carbonyl (C=O) groups excluding carboxylic acids is 1. The van der Waals surface area contributed by atoms with Gasteiger partial charge in [-0.25, -0.2) is 0 Å². The fourth-order valence-corrected chi connectivity index (χ4v) is 2.11. The summed E-state index contributed by atoms with van der Waals surface area (Å²) in [6.45, 7) is 6.28. The van der Waals surface area contributed by atoms with Crippen molar-refractivity contribution in [3.63, 3.8) is 0 Å². The Hall–Kier alpha value is -1.59. The van der Waals surface area contributed by atoms with E-state index in [4.69, 9.17) is 10.5 Å². The van der Waals surface area contributed by atoms with E-state index in [-0.39, 0.29) is 5.78 Å². The lowest BCUT2D eigenvalue weighted by molar-refractivity contribution is -0.115. The molecule has 104 valence electrons. The van der Waals surface area contributed by atoms with Crippen LogP contribution in [0.2, 0.25) is 0 Å². The smallest absolute Gasteiger partial charge is 0.148 e. The molecule has 1 aromatic rings. The van der Waals surface area contributed by atoms with Crippen LogP contribution in [0.1, 0.15) is 12.5 Å². The van der Waals surface area contributed by atoms with E-state index in [9.17, 15) is 4.79 Å². The second-order valence-corrected chi connectivity index (χ2v) is 4.87. The van der Waals surface area contributed by atoms with Crippen molar-refractivity contribution in [2.45, 2.75) is 13.5 Å². The quantitative estimate of drug-likeness (QED) is 0.779. The molecule has 5 heteroatoms. The first-order valence-corrected chi connectivity index (χ1v) is 6.57. The standard InChI is InChI=1S/C14H21N3O2/c1-11(18)9-16-14-3-2-12(8-13(14)15)10-17-4-6-19-7-5-17/h2-3,8,16H,4-7,9-10,15H2,1H3. The summed E-state index contributed by atoms with van der Waals surface area (Å²) in [5.41, 5.74) is 8.69. The van der Waals surface area contributed by atoms with Gasteiger partial charge in [0.25, 0.3) is 0 Å². The van der Waals surface area contributed by atoms with Crippen molar-refractivity contribution >= 4 is 17.2 Å². The van der Waals surface area contributed by atoms with E-state index in [1.165, 1.54) is 5.56 Å². The highest BCUT2D eigenvalue weighted by Gasteiger charge is 2.11. The van der Waals surface area contributed by atoms with Crippen molar-refractivity contribution < 1.29 is 9.53 Å². The molecule has 0 aliphatic carbocycles. The van der Waals surface area contributed by atoms with Gasteiger partial charge in [0.1, 0.15) is 5.78 Å². The van der Waals surface area contributed by atoms with Crippen molar-refractivity contribution in [2.75, 3.05) is 43.9 Å². The second-order valence-electron chi connectivity index (χ2n) is 4.87. The molecule has 0 spiro atoms. The highest BCUT2D eigenvalue weighted by molar-refractivity contribution is 5.81. The van der Waals surface area contributed by atoms with Gasteiger partial charge in [-0.3, -0.25) is 9.69 Å². The summed E-state index contributed by atoms with van der Waals surface area (Å²) < 4.78 is 5.33. The first kappa shape index (κ1) is 13.8. The number of hydrogen-bond acceptors (Lipinski definition) is 5. The summed E-state index contributed by atoms with van der Waals surface area (Å²) in [5, 5.41) is 3.04. The summed E-state index contributed by atoms with van der Waals surface area (Å²) in [6, 6.07) is 5.96. The van der Waals surface area contributed by atoms with Crippen molar-refractivity contribution in [3.05, 3.63) is 23.8 Å². The molecule has 0 unspecified atom stereocenters. The molecule has 0 radical (unpaired) electrons. The van der Waals surface area contributed by atoms with E-state index in [0.29, 0.717) is 12.2 Å². The Balaban J connectivity index is 1.95. The summed E-state index contributed by atoms with van der Waals surface area (Å²) in [7, 11) is 0. The van der Waals surface area contributed by atoms with Crippen molar-refractivity contribution in [1.82, 2.24) is 4.90 Å². The van der Waals surface area contributed by atoms with Gasteiger partial charge in [0.15, 0.2) is 0 Å². The lowest BCUT2D eigenvalue weighted by atomic mass is 10.1. The number of anilines is 2. The lowest BCUT2D eigenvalue weighted by Crippen LogP contribution is -2.35. The predicted molar refractivity (Wildman–Crippen MR) is 76.1 cm³/mol. The summed E-state index contributed by atoms with van der Waals surface area (Å²) in [5.74, 6) is 0.0943. The Morgan fingerprint density at radius 2 is 2.16 bits per heavy atom. The number of nitrogens with two attached hydrogens (primary N) is 1. The molecule has 1 fully saturated rings. The monoisotopic (exact) mass is 263 g/mol. The number of hydrogen-bond donors (Lipinski definition) is 2. The third-order valence-electron chi connectivity index (χ3n) is 3.15. The second kappa shape index (κ2) is 6.54. The molecule has 0 saturated carbocycles. The summed E-state index contributed by atoms with van der Waals surface area (Å²) >= 11 is 0. The molecule has 1 saturated heterocycles. The maximum absolute atomic E-state index is 10.9. The predicted octanol–water partition coefficient (Wildman–Crippen LogP) is 1.10. The van der Waals surface area contributed by atoms with Crippen molar-refractivity contribution in [2.24, 2.45) is 0 Å². The van der Waals surface area contributed by atoms with E-state index in [1.54, 1.807) is 6.92 Å². The highest BCUT2D eigenvalue weighted by atomic mass is 16.5. The van der Waals surface area contributed by atoms with Crippen molar-refractivity contribution in [1.29, 1.82) is 0 Å². The van der Waals surface area contributed by atoms with Gasteiger partial charge in [0, 0.05) is 19.6 Å². The minimum atomic E-state index is 0.0943. The van der Waals surface area contributed by atoms with Crippen LogP contribution in [0.3, 0.4) is 0 Å². The molecule has 0 atom stereocenters. The minimum absolute atomic E-state index is 0.0943. The minimum Gasteiger partial charge on any atom is -0.397 e. The topological polar surface area (TPSA) is 67.6 Å². The Bertz CT molecular complexity index is 442. The summed E-state index contributed by atoms with van der Waals surface area (Å²) in [4.78, 5) is 13.3. The molecule has 1 heterocycles. The SMILES string of the molecule is CC(=O)CNc1ccc(CN2CCOCC2)cc1N. The van der Waals surface area contributed by atoms with Crippen LogP contribution in [0.5, 0.6) is 0 Å². The molecular weight excluding hydrogens is 242 g/mol. The average Bonchev–Trinajstić information content (AvgIpc) is 2.39. The van der Waals surface area contributed by atoms with Gasteiger partial charge in [0.05, 0.1) is 31.1 Å². The number of Topliss-reactive ketones (excluding diaryl/α,β-unsaturated/α-hetero) is 1. The van der Waals surface area contributed by atoms with E-state index < -0.39 is 0 Å². The van der Waals surface area contributed by atoms with Crippen molar-refractivity contribution in [3.8, 4) is 0 Å². The molecule has 5 nitrogen and oxygen atoms in total. The fourth-order valence-electron chi connectivity index (χ4n) is 2.11. The third kappa shape index (κ3) is 4.22. The summed E-state index contributed by atoms with van der Waals surface area (Å²) in [6.07, 6.45) is 0. The first-order valence-electron chi connectivity index (χ1n) is 6.57. The molecule has 0 aromatic heterocycles. The number of morpholine rings is 1. The zero-order chi connectivity index (χ0) is 13.7. The van der Waals surface area contributed by atoms with Crippen LogP contribution < -0.4 is 11.1 Å². The van der Waals surface area contributed by atoms with Gasteiger partial charge in [-0.05, 0) is 24.6 Å². The van der Waals surface area contributed by atoms with Gasteiger partial charge in [-0.1, -0.05) is 6.07 Å². The normalized spacial score (nSPS) is 16.3. The number of benzene rings is 1. The number of carbonyl (C=O) groups is 1. The van der Waals surface area contributed by atoms with E-state index in [0.717, 1.165) is 38.5 Å². The largest absolute Gasteiger partial charge is 0.397 e. The van der Waals surface area contributed by atoms with Crippen LogP contribution in [0.15, 0.2) is 18.2 Å². The number of ether oxygens (including phenoxy) is 1.